The highest BCUT2D eigenvalue weighted by Crippen LogP contribution is 2.26. The quantitative estimate of drug-likeness (QED) is 0.517. The molecule has 0 bridgehead atoms. The third-order valence-electron chi connectivity index (χ3n) is 4.43. The monoisotopic (exact) mass is 465 g/mol. The molecule has 3 rings (SSSR count). The van der Waals surface area contributed by atoms with Crippen LogP contribution in [0.1, 0.15) is 41.5 Å². The van der Waals surface area contributed by atoms with E-state index in [4.69, 9.17) is 9.15 Å². The summed E-state index contributed by atoms with van der Waals surface area (Å²) in [4.78, 5) is 16.4. The maximum absolute atomic E-state index is 14.2. The molecule has 0 spiro atoms. The minimum absolute atomic E-state index is 0.0868. The third-order valence-corrected chi connectivity index (χ3v) is 5.00. The summed E-state index contributed by atoms with van der Waals surface area (Å²) in [6, 6.07) is 8.34. The number of aromatic nitrogens is 1. The van der Waals surface area contributed by atoms with E-state index < -0.39 is 39.3 Å². The van der Waals surface area contributed by atoms with Gasteiger partial charge in [0.15, 0.2) is 17.3 Å². The molecule has 11 heteroatoms. The SMILES string of the molecule is CCc1cccc(Oc2nc(C(=O)NC(C)c3cc(F)c(NS(C)(=O)=O)c(F)c3)co2)c1. The van der Waals surface area contributed by atoms with E-state index in [0.29, 0.717) is 5.75 Å². The molecule has 170 valence electrons. The Morgan fingerprint density at radius 3 is 2.53 bits per heavy atom. The fourth-order valence-electron chi connectivity index (χ4n) is 2.82. The van der Waals surface area contributed by atoms with Crippen LogP contribution in [0.2, 0.25) is 0 Å². The van der Waals surface area contributed by atoms with Crippen molar-refractivity contribution in [1.29, 1.82) is 0 Å². The summed E-state index contributed by atoms with van der Waals surface area (Å²) in [6.45, 7) is 3.50. The number of sulfonamides is 1. The van der Waals surface area contributed by atoms with Gasteiger partial charge in [0.25, 0.3) is 5.91 Å². The first-order valence-electron chi connectivity index (χ1n) is 9.55. The van der Waals surface area contributed by atoms with Crippen LogP contribution in [-0.2, 0) is 16.4 Å². The van der Waals surface area contributed by atoms with E-state index in [1.54, 1.807) is 10.8 Å². The van der Waals surface area contributed by atoms with Gasteiger partial charge < -0.3 is 14.5 Å². The number of anilines is 1. The minimum atomic E-state index is -3.87. The summed E-state index contributed by atoms with van der Waals surface area (Å²) in [5.74, 6) is -2.38. The molecule has 0 saturated heterocycles. The van der Waals surface area contributed by atoms with Crippen LogP contribution in [0, 0.1) is 11.6 Å². The zero-order valence-electron chi connectivity index (χ0n) is 17.5. The Labute approximate surface area is 183 Å². The van der Waals surface area contributed by atoms with E-state index in [9.17, 15) is 22.0 Å². The molecule has 0 fully saturated rings. The number of benzene rings is 2. The summed E-state index contributed by atoms with van der Waals surface area (Å²) >= 11 is 0. The molecule has 2 N–H and O–H groups in total. The second-order valence-electron chi connectivity index (χ2n) is 7.03. The molecule has 0 saturated carbocycles. The first-order chi connectivity index (χ1) is 15.1. The Hall–Kier alpha value is -3.47. The normalized spacial score (nSPS) is 12.3. The van der Waals surface area contributed by atoms with Gasteiger partial charge in [-0.1, -0.05) is 19.1 Å². The van der Waals surface area contributed by atoms with Gasteiger partial charge >= 0.3 is 6.08 Å². The minimum Gasteiger partial charge on any atom is -0.416 e. The molecule has 32 heavy (non-hydrogen) atoms. The predicted molar refractivity (Wildman–Crippen MR) is 113 cm³/mol. The molecule has 1 aromatic heterocycles. The van der Waals surface area contributed by atoms with Gasteiger partial charge in [0.2, 0.25) is 10.0 Å². The van der Waals surface area contributed by atoms with Crippen molar-refractivity contribution < 1.29 is 31.1 Å². The van der Waals surface area contributed by atoms with Crippen molar-refractivity contribution in [2.24, 2.45) is 0 Å². The molecule has 0 aliphatic heterocycles. The average molecular weight is 465 g/mol. The van der Waals surface area contributed by atoms with Crippen LogP contribution in [0.4, 0.5) is 14.5 Å². The summed E-state index contributed by atoms with van der Waals surface area (Å²) in [5.41, 5.74) is 0.261. The number of oxazole rings is 1. The first-order valence-corrected chi connectivity index (χ1v) is 11.4. The molecular formula is C21H21F2N3O5S. The maximum Gasteiger partial charge on any atom is 0.399 e. The van der Waals surface area contributed by atoms with Crippen LogP contribution in [0.25, 0.3) is 0 Å². The van der Waals surface area contributed by atoms with Crippen molar-refractivity contribution in [3.05, 3.63) is 71.1 Å². The predicted octanol–water partition coefficient (Wildman–Crippen LogP) is 4.17. The molecule has 1 unspecified atom stereocenters. The van der Waals surface area contributed by atoms with E-state index in [-0.39, 0.29) is 17.3 Å². The van der Waals surface area contributed by atoms with Gasteiger partial charge in [-0.05, 0) is 48.7 Å². The van der Waals surface area contributed by atoms with Gasteiger partial charge in [0, 0.05) is 0 Å². The summed E-state index contributed by atoms with van der Waals surface area (Å²) in [5, 5.41) is 2.54. The molecule has 8 nitrogen and oxygen atoms in total. The lowest BCUT2D eigenvalue weighted by molar-refractivity contribution is 0.0934. The van der Waals surface area contributed by atoms with Gasteiger partial charge in [0.05, 0.1) is 12.3 Å². The second kappa shape index (κ2) is 9.35. The molecule has 0 radical (unpaired) electrons. The van der Waals surface area contributed by atoms with Crippen molar-refractivity contribution in [2.45, 2.75) is 26.3 Å². The number of carbonyl (C=O) groups excluding carboxylic acids is 1. The standard InChI is InChI=1S/C21H21F2N3O5S/c1-4-13-6-5-7-15(8-13)31-21-25-18(11-30-21)20(27)24-12(2)14-9-16(22)19(17(23)10-14)26-32(3,28)29/h5-12,26H,4H2,1-3H3,(H,24,27). The van der Waals surface area contributed by atoms with Gasteiger partial charge in [-0.25, -0.2) is 17.2 Å². The molecule has 3 aromatic rings. The van der Waals surface area contributed by atoms with Crippen molar-refractivity contribution in [3.63, 3.8) is 0 Å². The van der Waals surface area contributed by atoms with Crippen LogP contribution >= 0.6 is 0 Å². The number of rotatable bonds is 8. The van der Waals surface area contributed by atoms with Crippen LogP contribution in [0.15, 0.2) is 47.1 Å². The maximum atomic E-state index is 14.2. The molecule has 0 aliphatic carbocycles. The Kier molecular flexibility index (Phi) is 6.78. The van der Waals surface area contributed by atoms with Gasteiger partial charge in [0.1, 0.15) is 17.7 Å². The topological polar surface area (TPSA) is 111 Å². The molecule has 1 heterocycles. The van der Waals surface area contributed by atoms with Crippen molar-refractivity contribution in [2.75, 3.05) is 11.0 Å². The summed E-state index contributed by atoms with van der Waals surface area (Å²) < 4.78 is 63.4. The van der Waals surface area contributed by atoms with E-state index in [2.05, 4.69) is 10.3 Å². The highest BCUT2D eigenvalue weighted by molar-refractivity contribution is 7.92. The lowest BCUT2D eigenvalue weighted by Crippen LogP contribution is -2.27. The zero-order valence-corrected chi connectivity index (χ0v) is 18.3. The molecule has 1 amide bonds. The van der Waals surface area contributed by atoms with Crippen LogP contribution in [0.5, 0.6) is 11.8 Å². The van der Waals surface area contributed by atoms with Gasteiger partial charge in [-0.2, -0.15) is 4.98 Å². The van der Waals surface area contributed by atoms with E-state index in [0.717, 1.165) is 36.6 Å². The number of halogens is 2. The fourth-order valence-corrected chi connectivity index (χ4v) is 3.38. The second-order valence-corrected chi connectivity index (χ2v) is 8.78. The van der Waals surface area contributed by atoms with Gasteiger partial charge in [-0.3, -0.25) is 9.52 Å². The number of hydrogen-bond donors (Lipinski definition) is 2. The summed E-state index contributed by atoms with van der Waals surface area (Å²) in [7, 11) is -3.87. The average Bonchev–Trinajstić information content (AvgIpc) is 3.18. The molecule has 2 aromatic carbocycles. The van der Waals surface area contributed by atoms with Crippen LogP contribution < -0.4 is 14.8 Å². The number of carbonyl (C=O) groups is 1. The van der Waals surface area contributed by atoms with E-state index in [1.807, 2.05) is 25.1 Å². The molecular weight excluding hydrogens is 444 g/mol. The Morgan fingerprint density at radius 2 is 1.91 bits per heavy atom. The largest absolute Gasteiger partial charge is 0.416 e. The number of ether oxygens (including phenoxy) is 1. The Bertz CT molecular complexity index is 1220. The number of hydrogen-bond acceptors (Lipinski definition) is 6. The van der Waals surface area contributed by atoms with Crippen molar-refractivity contribution in [1.82, 2.24) is 10.3 Å². The zero-order chi connectivity index (χ0) is 23.5. The highest BCUT2D eigenvalue weighted by Gasteiger charge is 2.20. The fraction of sp³-hybridized carbons (Fsp3) is 0.238. The van der Waals surface area contributed by atoms with Crippen molar-refractivity contribution >= 4 is 21.6 Å². The lowest BCUT2D eigenvalue weighted by Gasteiger charge is -2.15. The number of amides is 1. The molecule has 0 aliphatic rings. The third kappa shape index (κ3) is 5.82. The van der Waals surface area contributed by atoms with Crippen LogP contribution in [-0.4, -0.2) is 25.6 Å². The number of nitrogens with one attached hydrogen (secondary N) is 2. The van der Waals surface area contributed by atoms with Crippen LogP contribution in [0.3, 0.4) is 0 Å². The van der Waals surface area contributed by atoms with E-state index in [1.165, 1.54) is 6.92 Å². The number of aryl methyl sites for hydroxylation is 1. The highest BCUT2D eigenvalue weighted by atomic mass is 32.2. The summed E-state index contributed by atoms with van der Waals surface area (Å²) in [6.07, 6.45) is 2.56. The first kappa shape index (κ1) is 23.2. The number of nitrogens with zero attached hydrogens (tertiary/aromatic N) is 1. The van der Waals surface area contributed by atoms with Crippen molar-refractivity contribution in [3.8, 4) is 11.8 Å². The lowest BCUT2D eigenvalue weighted by atomic mass is 10.1. The molecule has 1 atom stereocenters. The van der Waals surface area contributed by atoms with E-state index >= 15 is 0 Å². The smallest absolute Gasteiger partial charge is 0.399 e. The Balaban J connectivity index is 1.69. The Morgan fingerprint density at radius 1 is 1.22 bits per heavy atom. The van der Waals surface area contributed by atoms with Gasteiger partial charge in [-0.15, -0.1) is 0 Å².